The smallest absolute Gasteiger partial charge is 0.335 e. The number of nitrogens with one attached hydrogen (secondary N) is 3. The van der Waals surface area contributed by atoms with Gasteiger partial charge in [0.15, 0.2) is 0 Å². The highest BCUT2D eigenvalue weighted by Gasteiger charge is 2.21. The zero-order chi connectivity index (χ0) is 34.6. The Bertz CT molecular complexity index is 2130. The lowest BCUT2D eigenvalue weighted by Crippen LogP contribution is -2.31. The number of carbonyl (C=O) groups excluding carboxylic acids is 2. The third-order valence-corrected chi connectivity index (χ3v) is 9.21. The van der Waals surface area contributed by atoms with E-state index in [0.717, 1.165) is 22.3 Å². The Balaban J connectivity index is 1.19. The lowest BCUT2D eigenvalue weighted by molar-refractivity contribution is -0.119. The summed E-state index contributed by atoms with van der Waals surface area (Å²) < 4.78 is 30.3. The van der Waals surface area contributed by atoms with Crippen molar-refractivity contribution in [3.63, 3.8) is 0 Å². The maximum atomic E-state index is 13.2. The largest absolute Gasteiger partial charge is 0.478 e. The average molecular weight is 671 g/mol. The molecule has 0 saturated carbocycles. The van der Waals surface area contributed by atoms with Crippen LogP contribution in [-0.2, 0) is 26.7 Å². The maximum Gasteiger partial charge on any atom is 0.335 e. The van der Waals surface area contributed by atoms with Crippen molar-refractivity contribution in [2.75, 3.05) is 22.6 Å². The number of carbonyl (C=O) groups is 3. The molecule has 0 fully saturated rings. The molecule has 0 aliphatic rings. The number of amides is 2. The molecule has 0 saturated heterocycles. The molecule has 0 radical (unpaired) electrons. The number of carboxylic acids is 1. The van der Waals surface area contributed by atoms with Crippen molar-refractivity contribution in [2.45, 2.75) is 38.0 Å². The Morgan fingerprint density at radius 1 is 0.917 bits per heavy atom. The Kier molecular flexibility index (Phi) is 9.70. The number of rotatable bonds is 12. The molecule has 2 aromatic heterocycles. The van der Waals surface area contributed by atoms with Gasteiger partial charge in [-0.1, -0.05) is 6.07 Å². The topological polar surface area (TPSA) is 189 Å². The lowest BCUT2D eigenvalue weighted by atomic mass is 10.2. The van der Waals surface area contributed by atoms with Gasteiger partial charge < -0.3 is 20.6 Å². The van der Waals surface area contributed by atoms with Gasteiger partial charge in [0, 0.05) is 61.3 Å². The Labute approximate surface area is 276 Å². The standard InChI is InChI=1S/C33H34N8O6S/c1-20-8-11-24(36-33-34-17-16-29(37-33)40(3)25-14-15-26-21(2)41(4)38-27(26)19-25)18-28(20)48(46,47)39-31(43)7-5-6-30(42)35-23-12-9-22(10-13-23)32(44)45/h8-19H,5-7H2,1-4H3,(H,35,42)(H,39,43)(H,44,45)(H,34,36,37). The van der Waals surface area contributed by atoms with Crippen LogP contribution in [0.4, 0.5) is 28.8 Å². The molecule has 0 aliphatic carbocycles. The van der Waals surface area contributed by atoms with Crippen LogP contribution in [-0.4, -0.2) is 58.1 Å². The van der Waals surface area contributed by atoms with Gasteiger partial charge in [0.05, 0.1) is 16.0 Å². The van der Waals surface area contributed by atoms with E-state index < -0.39 is 27.8 Å². The molecule has 0 atom stereocenters. The second kappa shape index (κ2) is 13.9. The van der Waals surface area contributed by atoms with Gasteiger partial charge in [-0.2, -0.15) is 10.1 Å². The number of nitrogens with zero attached hydrogens (tertiary/aromatic N) is 5. The normalized spacial score (nSPS) is 11.2. The van der Waals surface area contributed by atoms with Crippen LogP contribution in [0.5, 0.6) is 0 Å². The van der Waals surface area contributed by atoms with Gasteiger partial charge in [0.25, 0.3) is 10.0 Å². The highest BCUT2D eigenvalue weighted by atomic mass is 32.2. The van der Waals surface area contributed by atoms with Gasteiger partial charge in [0.2, 0.25) is 17.8 Å². The summed E-state index contributed by atoms with van der Waals surface area (Å²) >= 11 is 0. The minimum atomic E-state index is -4.24. The van der Waals surface area contributed by atoms with Gasteiger partial charge in [-0.3, -0.25) is 14.3 Å². The van der Waals surface area contributed by atoms with E-state index in [2.05, 4.69) is 30.4 Å². The van der Waals surface area contributed by atoms with E-state index in [4.69, 9.17) is 5.11 Å². The molecule has 48 heavy (non-hydrogen) atoms. The van der Waals surface area contributed by atoms with Crippen LogP contribution in [0.1, 0.15) is 40.9 Å². The number of aromatic nitrogens is 4. The fourth-order valence-corrected chi connectivity index (χ4v) is 6.22. The van der Waals surface area contributed by atoms with Crippen molar-refractivity contribution >= 4 is 67.5 Å². The summed E-state index contributed by atoms with van der Waals surface area (Å²) in [5.41, 5.74) is 4.10. The van der Waals surface area contributed by atoms with E-state index in [0.29, 0.717) is 22.8 Å². The molecule has 0 aliphatic heterocycles. The van der Waals surface area contributed by atoms with E-state index in [1.165, 1.54) is 30.3 Å². The SMILES string of the molecule is Cc1ccc(Nc2nccc(N(C)c3ccc4c(C)n(C)nc4c3)n2)cc1S(=O)(=O)NC(=O)CCCC(=O)Nc1ccc(C(=O)O)cc1. The number of hydrogen-bond acceptors (Lipinski definition) is 10. The van der Waals surface area contributed by atoms with Crippen molar-refractivity contribution in [3.05, 3.63) is 89.7 Å². The van der Waals surface area contributed by atoms with Crippen LogP contribution >= 0.6 is 0 Å². The molecule has 14 nitrogen and oxygen atoms in total. The number of hydrogen-bond donors (Lipinski definition) is 4. The summed E-state index contributed by atoms with van der Waals surface area (Å²) in [6, 6.07) is 18.0. The molecule has 0 bridgehead atoms. The molecule has 4 N–H and O–H groups in total. The lowest BCUT2D eigenvalue weighted by Gasteiger charge is -2.19. The number of fused-ring (bicyclic) bond motifs is 1. The molecule has 0 unspecified atom stereocenters. The third-order valence-electron chi connectivity index (χ3n) is 7.69. The fourth-order valence-electron chi connectivity index (χ4n) is 4.94. The molecule has 5 rings (SSSR count). The third kappa shape index (κ3) is 7.75. The van der Waals surface area contributed by atoms with Crippen LogP contribution in [0.3, 0.4) is 0 Å². The van der Waals surface area contributed by atoms with Crippen LogP contribution in [0.15, 0.2) is 77.8 Å². The summed E-state index contributed by atoms with van der Waals surface area (Å²) in [6.07, 6.45) is 1.44. The number of sulfonamides is 1. The summed E-state index contributed by atoms with van der Waals surface area (Å²) in [5.74, 6) is -1.41. The second-order valence-electron chi connectivity index (χ2n) is 11.1. The zero-order valence-corrected chi connectivity index (χ0v) is 27.5. The van der Waals surface area contributed by atoms with Crippen LogP contribution in [0, 0.1) is 13.8 Å². The van der Waals surface area contributed by atoms with Gasteiger partial charge in [-0.05, 0) is 86.5 Å². The summed E-state index contributed by atoms with van der Waals surface area (Å²) in [7, 11) is -0.466. The van der Waals surface area contributed by atoms with Crippen molar-refractivity contribution in [1.29, 1.82) is 0 Å². The van der Waals surface area contributed by atoms with E-state index in [1.807, 2.05) is 48.8 Å². The maximum absolute atomic E-state index is 13.2. The molecule has 5 aromatic rings. The van der Waals surface area contributed by atoms with Gasteiger partial charge >= 0.3 is 5.97 Å². The molecule has 248 valence electrons. The van der Waals surface area contributed by atoms with Crippen LogP contribution in [0.25, 0.3) is 10.9 Å². The summed E-state index contributed by atoms with van der Waals surface area (Å²) in [4.78, 5) is 46.4. The molecular weight excluding hydrogens is 636 g/mol. The Morgan fingerprint density at radius 3 is 2.35 bits per heavy atom. The number of aromatic carboxylic acids is 1. The quantitative estimate of drug-likeness (QED) is 0.143. The molecular formula is C33H34N8O6S. The first-order chi connectivity index (χ1) is 22.8. The average Bonchev–Trinajstić information content (AvgIpc) is 3.33. The number of benzene rings is 3. The predicted molar refractivity (Wildman–Crippen MR) is 181 cm³/mol. The monoisotopic (exact) mass is 670 g/mol. The molecule has 3 aromatic carbocycles. The first kappa shape index (κ1) is 33.5. The van der Waals surface area contributed by atoms with Crippen LogP contribution in [0.2, 0.25) is 0 Å². The number of carboxylic acid groups (broad SMARTS) is 1. The van der Waals surface area contributed by atoms with Crippen molar-refractivity contribution in [2.24, 2.45) is 7.05 Å². The molecule has 2 amide bonds. The molecule has 15 heteroatoms. The zero-order valence-electron chi connectivity index (χ0n) is 26.7. The van der Waals surface area contributed by atoms with E-state index in [1.54, 1.807) is 31.3 Å². The fraction of sp³-hybridized carbons (Fsp3) is 0.212. The number of anilines is 5. The number of aryl methyl sites for hydroxylation is 3. The van der Waals surface area contributed by atoms with Crippen molar-refractivity contribution in [3.8, 4) is 0 Å². The summed E-state index contributed by atoms with van der Waals surface area (Å²) in [6.45, 7) is 3.62. The van der Waals surface area contributed by atoms with E-state index in [9.17, 15) is 22.8 Å². The van der Waals surface area contributed by atoms with Gasteiger partial charge in [-0.15, -0.1) is 0 Å². The Morgan fingerprint density at radius 2 is 1.62 bits per heavy atom. The molecule has 0 spiro atoms. The van der Waals surface area contributed by atoms with Crippen molar-refractivity contribution in [1.82, 2.24) is 24.5 Å². The first-order valence-corrected chi connectivity index (χ1v) is 16.4. The molecule has 2 heterocycles. The highest BCUT2D eigenvalue weighted by molar-refractivity contribution is 7.90. The van der Waals surface area contributed by atoms with E-state index in [-0.39, 0.29) is 35.7 Å². The first-order valence-electron chi connectivity index (χ1n) is 14.9. The Hall–Kier alpha value is -5.83. The van der Waals surface area contributed by atoms with Crippen molar-refractivity contribution < 1.29 is 27.9 Å². The van der Waals surface area contributed by atoms with Gasteiger partial charge in [0.1, 0.15) is 5.82 Å². The predicted octanol–water partition coefficient (Wildman–Crippen LogP) is 4.80. The van der Waals surface area contributed by atoms with E-state index >= 15 is 0 Å². The second-order valence-corrected chi connectivity index (χ2v) is 12.8. The minimum absolute atomic E-state index is 0.0434. The minimum Gasteiger partial charge on any atom is -0.478 e. The van der Waals surface area contributed by atoms with Gasteiger partial charge in [-0.25, -0.2) is 22.9 Å². The van der Waals surface area contributed by atoms with Crippen LogP contribution < -0.4 is 20.3 Å². The summed E-state index contributed by atoms with van der Waals surface area (Å²) in [5, 5.41) is 20.3. The highest BCUT2D eigenvalue weighted by Crippen LogP contribution is 2.28.